The van der Waals surface area contributed by atoms with E-state index in [9.17, 15) is 19.2 Å². The van der Waals surface area contributed by atoms with Crippen molar-refractivity contribution in [2.45, 2.75) is 6.42 Å². The molecule has 96 valence electrons. The highest BCUT2D eigenvalue weighted by Crippen LogP contribution is 2.32. The third kappa shape index (κ3) is 2.62. The van der Waals surface area contributed by atoms with Crippen molar-refractivity contribution in [2.75, 3.05) is 0 Å². The monoisotopic (exact) mass is 254 g/mol. The Morgan fingerprint density at radius 2 is 1.50 bits per heavy atom. The molecular weight excluding hydrogens is 244 g/mol. The predicted octanol–water partition coefficient (Wildman–Crippen LogP) is -0.0720. The Hall–Kier alpha value is -2.44. The summed E-state index contributed by atoms with van der Waals surface area (Å²) in [6.45, 7) is 0. The van der Waals surface area contributed by atoms with Crippen molar-refractivity contribution in [3.63, 3.8) is 0 Å². The molecule has 0 aromatic rings. The van der Waals surface area contributed by atoms with E-state index >= 15 is 0 Å². The molecule has 1 aliphatic rings. The predicted molar refractivity (Wildman–Crippen MR) is 56.7 cm³/mol. The number of carboxylic acids is 3. The lowest BCUT2D eigenvalue weighted by atomic mass is 9.77. The van der Waals surface area contributed by atoms with Gasteiger partial charge in [-0.25, -0.2) is 4.79 Å². The Bertz CT molecular complexity index is 458. The van der Waals surface area contributed by atoms with E-state index in [0.29, 0.717) is 0 Å². The minimum absolute atomic E-state index is 0.753. The summed E-state index contributed by atoms with van der Waals surface area (Å²) in [5.41, 5.74) is -1.79. The van der Waals surface area contributed by atoms with Crippen LogP contribution < -0.4 is 0 Å². The molecule has 0 fully saturated rings. The quantitative estimate of drug-likeness (QED) is 0.462. The SMILES string of the molecule is O=C(O)C(=O)CC1(C(=O)O)C=CC(C(=O)O)C=C1. The molecule has 0 heterocycles. The second-order valence-electron chi connectivity index (χ2n) is 3.83. The van der Waals surface area contributed by atoms with E-state index < -0.39 is 41.4 Å². The summed E-state index contributed by atoms with van der Waals surface area (Å²) >= 11 is 0. The molecule has 18 heavy (non-hydrogen) atoms. The number of aliphatic carboxylic acids is 3. The smallest absolute Gasteiger partial charge is 0.372 e. The van der Waals surface area contributed by atoms with Gasteiger partial charge < -0.3 is 15.3 Å². The molecule has 0 aromatic heterocycles. The largest absolute Gasteiger partial charge is 0.481 e. The fraction of sp³-hybridized carbons (Fsp3) is 0.273. The van der Waals surface area contributed by atoms with Gasteiger partial charge in [-0.2, -0.15) is 0 Å². The van der Waals surface area contributed by atoms with E-state index in [-0.39, 0.29) is 0 Å². The zero-order valence-electron chi connectivity index (χ0n) is 9.07. The van der Waals surface area contributed by atoms with Crippen molar-refractivity contribution in [2.24, 2.45) is 11.3 Å². The minimum atomic E-state index is -1.79. The zero-order valence-corrected chi connectivity index (χ0v) is 9.07. The van der Waals surface area contributed by atoms with Crippen LogP contribution in [0.2, 0.25) is 0 Å². The summed E-state index contributed by atoms with van der Waals surface area (Å²) in [7, 11) is 0. The van der Waals surface area contributed by atoms with E-state index in [0.717, 1.165) is 24.3 Å². The number of carboxylic acid groups (broad SMARTS) is 3. The fourth-order valence-electron chi connectivity index (χ4n) is 1.51. The standard InChI is InChI=1S/C11H10O7/c12-7(9(15)16)5-11(10(17)18)3-1-6(2-4-11)8(13)14/h1-4,6H,5H2,(H,13,14)(H,15,16)(H,17,18). The Balaban J connectivity index is 3.00. The van der Waals surface area contributed by atoms with Crippen LogP contribution >= 0.6 is 0 Å². The first-order valence-corrected chi connectivity index (χ1v) is 4.89. The average molecular weight is 254 g/mol. The lowest BCUT2D eigenvalue weighted by Crippen LogP contribution is -2.34. The zero-order chi connectivity index (χ0) is 13.9. The number of carbonyl (C=O) groups excluding carboxylic acids is 1. The molecule has 0 unspecified atom stereocenters. The molecule has 7 heteroatoms. The molecule has 7 nitrogen and oxygen atoms in total. The van der Waals surface area contributed by atoms with Crippen LogP contribution in [0.15, 0.2) is 24.3 Å². The Kier molecular flexibility index (Phi) is 3.65. The number of hydrogen-bond donors (Lipinski definition) is 3. The third-order valence-corrected chi connectivity index (χ3v) is 2.58. The molecule has 1 rings (SSSR count). The molecule has 0 atom stereocenters. The van der Waals surface area contributed by atoms with Gasteiger partial charge >= 0.3 is 17.9 Å². The highest BCUT2D eigenvalue weighted by atomic mass is 16.4. The van der Waals surface area contributed by atoms with Gasteiger partial charge in [-0.15, -0.1) is 0 Å². The summed E-state index contributed by atoms with van der Waals surface area (Å²) < 4.78 is 0. The first-order valence-electron chi connectivity index (χ1n) is 4.89. The summed E-state index contributed by atoms with van der Waals surface area (Å²) in [6, 6.07) is 0. The topological polar surface area (TPSA) is 129 Å². The van der Waals surface area contributed by atoms with Crippen LogP contribution in [-0.4, -0.2) is 39.0 Å². The lowest BCUT2D eigenvalue weighted by molar-refractivity contribution is -0.152. The maximum atomic E-state index is 11.1. The van der Waals surface area contributed by atoms with Crippen LogP contribution in [0.4, 0.5) is 0 Å². The van der Waals surface area contributed by atoms with Crippen molar-refractivity contribution >= 4 is 23.7 Å². The molecule has 0 saturated heterocycles. The summed E-state index contributed by atoms with van der Waals surface area (Å²) in [5.74, 6) is -6.52. The van der Waals surface area contributed by atoms with Crippen molar-refractivity contribution in [3.8, 4) is 0 Å². The Labute approximate surface area is 101 Å². The highest BCUT2D eigenvalue weighted by molar-refractivity contribution is 6.33. The minimum Gasteiger partial charge on any atom is -0.481 e. The van der Waals surface area contributed by atoms with Gasteiger partial charge in [-0.1, -0.05) is 24.3 Å². The number of carbonyl (C=O) groups is 4. The molecular formula is C11H10O7. The van der Waals surface area contributed by atoms with Crippen molar-refractivity contribution in [1.29, 1.82) is 0 Å². The van der Waals surface area contributed by atoms with E-state index in [1.165, 1.54) is 0 Å². The van der Waals surface area contributed by atoms with Crippen LogP contribution in [-0.2, 0) is 19.2 Å². The van der Waals surface area contributed by atoms with Crippen molar-refractivity contribution < 1.29 is 34.5 Å². The van der Waals surface area contributed by atoms with Gasteiger partial charge in [0.15, 0.2) is 0 Å². The van der Waals surface area contributed by atoms with Crippen LogP contribution in [0, 0.1) is 11.3 Å². The molecule has 0 aromatic carbocycles. The van der Waals surface area contributed by atoms with Gasteiger partial charge in [0.2, 0.25) is 5.78 Å². The number of rotatable bonds is 5. The van der Waals surface area contributed by atoms with E-state index in [2.05, 4.69) is 0 Å². The molecule has 0 amide bonds. The lowest BCUT2D eigenvalue weighted by Gasteiger charge is -2.24. The van der Waals surface area contributed by atoms with E-state index in [1.807, 2.05) is 0 Å². The Morgan fingerprint density at radius 1 is 1.00 bits per heavy atom. The van der Waals surface area contributed by atoms with E-state index in [1.54, 1.807) is 0 Å². The number of hydrogen-bond acceptors (Lipinski definition) is 4. The molecule has 1 aliphatic carbocycles. The summed E-state index contributed by atoms with van der Waals surface area (Å²) in [6.07, 6.45) is 3.55. The highest BCUT2D eigenvalue weighted by Gasteiger charge is 2.39. The normalized spacial score (nSPS) is 25.7. The second kappa shape index (κ2) is 4.82. The molecule has 0 aliphatic heterocycles. The van der Waals surface area contributed by atoms with Crippen LogP contribution in [0.5, 0.6) is 0 Å². The van der Waals surface area contributed by atoms with Crippen molar-refractivity contribution in [3.05, 3.63) is 24.3 Å². The summed E-state index contributed by atoms with van der Waals surface area (Å²) in [4.78, 5) is 43.3. The van der Waals surface area contributed by atoms with Gasteiger partial charge in [0.1, 0.15) is 5.41 Å². The van der Waals surface area contributed by atoms with E-state index in [4.69, 9.17) is 15.3 Å². The number of ketones is 1. The maximum Gasteiger partial charge on any atom is 0.372 e. The summed E-state index contributed by atoms with van der Waals surface area (Å²) in [5, 5.41) is 26.2. The first kappa shape index (κ1) is 13.6. The first-order chi connectivity index (χ1) is 8.28. The van der Waals surface area contributed by atoms with Gasteiger partial charge in [-0.05, 0) is 0 Å². The molecule has 0 saturated carbocycles. The average Bonchev–Trinajstić information content (AvgIpc) is 2.29. The molecule has 0 bridgehead atoms. The maximum absolute atomic E-state index is 11.1. The Morgan fingerprint density at radius 3 is 1.83 bits per heavy atom. The second-order valence-corrected chi connectivity index (χ2v) is 3.83. The van der Waals surface area contributed by atoms with Gasteiger partial charge in [-0.3, -0.25) is 14.4 Å². The van der Waals surface area contributed by atoms with Crippen molar-refractivity contribution in [1.82, 2.24) is 0 Å². The van der Waals surface area contributed by atoms with Crippen LogP contribution in [0.25, 0.3) is 0 Å². The fourth-order valence-corrected chi connectivity index (χ4v) is 1.51. The van der Waals surface area contributed by atoms with Crippen LogP contribution in [0.3, 0.4) is 0 Å². The van der Waals surface area contributed by atoms with Gasteiger partial charge in [0.25, 0.3) is 0 Å². The molecule has 3 N–H and O–H groups in total. The van der Waals surface area contributed by atoms with Crippen LogP contribution in [0.1, 0.15) is 6.42 Å². The number of Topliss-reactive ketones (excluding diaryl/α,β-unsaturated/α-hetero) is 1. The molecule has 0 spiro atoms. The third-order valence-electron chi connectivity index (χ3n) is 2.58. The van der Waals surface area contributed by atoms with Gasteiger partial charge in [0, 0.05) is 6.42 Å². The molecule has 0 radical (unpaired) electrons. The van der Waals surface area contributed by atoms with Gasteiger partial charge in [0.05, 0.1) is 5.92 Å².